The van der Waals surface area contributed by atoms with Gasteiger partial charge >= 0.3 is 6.18 Å². The quantitative estimate of drug-likeness (QED) is 0.775. The van der Waals surface area contributed by atoms with Crippen molar-refractivity contribution >= 4 is 11.4 Å². The van der Waals surface area contributed by atoms with Crippen molar-refractivity contribution in [2.24, 2.45) is 0 Å². The van der Waals surface area contributed by atoms with Crippen molar-refractivity contribution in [3.05, 3.63) is 18.2 Å². The fraction of sp³-hybridized carbons (Fsp3) is 0.571. The van der Waals surface area contributed by atoms with Crippen molar-refractivity contribution in [3.8, 4) is 5.75 Å². The zero-order chi connectivity index (χ0) is 15.2. The maximum absolute atomic E-state index is 12.6. The number of nitrogens with zero attached hydrogens (tertiary/aromatic N) is 1. The summed E-state index contributed by atoms with van der Waals surface area (Å²) in [5.74, 6) is 0.438. The van der Waals surface area contributed by atoms with Crippen LogP contribution in [0.4, 0.5) is 24.5 Å². The van der Waals surface area contributed by atoms with Crippen LogP contribution in [0.2, 0.25) is 0 Å². The minimum Gasteiger partial charge on any atom is -0.491 e. The summed E-state index contributed by atoms with van der Waals surface area (Å²) in [7, 11) is 0. The zero-order valence-electron chi connectivity index (χ0n) is 11.8. The maximum Gasteiger partial charge on any atom is 0.405 e. The molecule has 6 heteroatoms. The van der Waals surface area contributed by atoms with E-state index in [9.17, 15) is 13.2 Å². The van der Waals surface area contributed by atoms with Crippen LogP contribution in [0.25, 0.3) is 0 Å². The third kappa shape index (κ3) is 4.83. The SMILES string of the molecule is CCCOc1cccc(N(CCC)CC(F)(F)F)c1N. The van der Waals surface area contributed by atoms with Gasteiger partial charge in [0.25, 0.3) is 0 Å². The van der Waals surface area contributed by atoms with Crippen molar-refractivity contribution in [2.45, 2.75) is 32.9 Å². The number of para-hydroxylation sites is 1. The molecule has 2 N–H and O–H groups in total. The van der Waals surface area contributed by atoms with Crippen LogP contribution >= 0.6 is 0 Å². The van der Waals surface area contributed by atoms with Gasteiger partial charge in [-0.3, -0.25) is 0 Å². The second-order valence-corrected chi connectivity index (χ2v) is 4.57. The van der Waals surface area contributed by atoms with Gasteiger partial charge in [-0.1, -0.05) is 19.9 Å². The lowest BCUT2D eigenvalue weighted by atomic mass is 10.2. The van der Waals surface area contributed by atoms with Crippen LogP contribution in [0, 0.1) is 0 Å². The van der Waals surface area contributed by atoms with E-state index in [1.54, 1.807) is 18.2 Å². The lowest BCUT2D eigenvalue weighted by molar-refractivity contribution is -0.119. The average Bonchev–Trinajstić information content (AvgIpc) is 2.35. The first-order valence-electron chi connectivity index (χ1n) is 6.72. The van der Waals surface area contributed by atoms with Crippen LogP contribution in [0.5, 0.6) is 5.75 Å². The van der Waals surface area contributed by atoms with E-state index in [1.807, 2.05) is 13.8 Å². The molecule has 0 aliphatic carbocycles. The molecule has 0 amide bonds. The number of alkyl halides is 3. The highest BCUT2D eigenvalue weighted by Crippen LogP contribution is 2.34. The van der Waals surface area contributed by atoms with Gasteiger partial charge in [-0.2, -0.15) is 13.2 Å². The summed E-state index contributed by atoms with van der Waals surface area (Å²) < 4.78 is 43.4. The van der Waals surface area contributed by atoms with E-state index >= 15 is 0 Å². The van der Waals surface area contributed by atoms with Gasteiger partial charge in [0.2, 0.25) is 0 Å². The molecular formula is C14H21F3N2O. The molecule has 0 saturated carbocycles. The number of ether oxygens (including phenoxy) is 1. The van der Waals surface area contributed by atoms with Crippen molar-refractivity contribution in [1.29, 1.82) is 0 Å². The number of benzene rings is 1. The zero-order valence-corrected chi connectivity index (χ0v) is 11.8. The van der Waals surface area contributed by atoms with Gasteiger partial charge in [0.15, 0.2) is 0 Å². The first-order valence-corrected chi connectivity index (χ1v) is 6.72. The van der Waals surface area contributed by atoms with Gasteiger partial charge in [-0.05, 0) is 25.0 Å². The van der Waals surface area contributed by atoms with Crippen LogP contribution in [0.1, 0.15) is 26.7 Å². The predicted octanol–water partition coefficient (Wildman–Crippen LogP) is 3.84. The Labute approximate surface area is 117 Å². The number of hydrogen-bond donors (Lipinski definition) is 1. The molecule has 0 spiro atoms. The smallest absolute Gasteiger partial charge is 0.405 e. The molecule has 114 valence electrons. The molecule has 0 aromatic heterocycles. The van der Waals surface area contributed by atoms with E-state index < -0.39 is 12.7 Å². The molecule has 0 radical (unpaired) electrons. The van der Waals surface area contributed by atoms with E-state index in [1.165, 1.54) is 4.90 Å². The summed E-state index contributed by atoms with van der Waals surface area (Å²) in [4.78, 5) is 1.24. The minimum absolute atomic E-state index is 0.263. The summed E-state index contributed by atoms with van der Waals surface area (Å²) in [6.45, 7) is 3.55. The highest BCUT2D eigenvalue weighted by molar-refractivity contribution is 5.74. The predicted molar refractivity (Wildman–Crippen MR) is 75.2 cm³/mol. The second kappa shape index (κ2) is 7.26. The molecule has 3 nitrogen and oxygen atoms in total. The van der Waals surface area contributed by atoms with Gasteiger partial charge in [0, 0.05) is 6.54 Å². The Balaban J connectivity index is 3.00. The molecule has 1 aromatic carbocycles. The first-order chi connectivity index (χ1) is 9.39. The Hall–Kier alpha value is -1.59. The van der Waals surface area contributed by atoms with Crippen molar-refractivity contribution in [1.82, 2.24) is 0 Å². The summed E-state index contributed by atoms with van der Waals surface area (Å²) in [6, 6.07) is 4.93. The molecular weight excluding hydrogens is 269 g/mol. The van der Waals surface area contributed by atoms with E-state index in [0.29, 0.717) is 31.0 Å². The Morgan fingerprint density at radius 1 is 1.20 bits per heavy atom. The molecule has 1 aromatic rings. The Bertz CT molecular complexity index is 421. The molecule has 0 aliphatic rings. The Morgan fingerprint density at radius 3 is 2.45 bits per heavy atom. The summed E-state index contributed by atoms with van der Waals surface area (Å²) in [5.41, 5.74) is 6.58. The van der Waals surface area contributed by atoms with Gasteiger partial charge < -0.3 is 15.4 Å². The molecule has 1 rings (SSSR count). The second-order valence-electron chi connectivity index (χ2n) is 4.57. The topological polar surface area (TPSA) is 38.5 Å². The molecule has 0 saturated heterocycles. The molecule has 0 unspecified atom stereocenters. The Kier molecular flexibility index (Phi) is 5.98. The van der Waals surface area contributed by atoms with E-state index in [4.69, 9.17) is 10.5 Å². The lowest BCUT2D eigenvalue weighted by Gasteiger charge is -2.27. The van der Waals surface area contributed by atoms with Gasteiger partial charge in [-0.15, -0.1) is 0 Å². The van der Waals surface area contributed by atoms with E-state index in [2.05, 4.69) is 0 Å². The van der Waals surface area contributed by atoms with Crippen molar-refractivity contribution in [2.75, 3.05) is 30.3 Å². The van der Waals surface area contributed by atoms with Crippen LogP contribution in [-0.2, 0) is 0 Å². The summed E-state index contributed by atoms with van der Waals surface area (Å²) >= 11 is 0. The maximum atomic E-state index is 12.6. The number of nitrogen functional groups attached to an aromatic ring is 1. The normalized spacial score (nSPS) is 11.4. The largest absolute Gasteiger partial charge is 0.491 e. The number of hydrogen-bond acceptors (Lipinski definition) is 3. The van der Waals surface area contributed by atoms with Crippen LogP contribution < -0.4 is 15.4 Å². The Morgan fingerprint density at radius 2 is 1.90 bits per heavy atom. The first kappa shape index (κ1) is 16.5. The monoisotopic (exact) mass is 290 g/mol. The van der Waals surface area contributed by atoms with Gasteiger partial charge in [0.1, 0.15) is 12.3 Å². The molecule has 0 aliphatic heterocycles. The molecule has 0 bridgehead atoms. The highest BCUT2D eigenvalue weighted by Gasteiger charge is 2.31. The number of rotatable bonds is 7. The summed E-state index contributed by atoms with van der Waals surface area (Å²) in [6.07, 6.45) is -2.84. The number of halogens is 3. The molecule has 0 heterocycles. The van der Waals surface area contributed by atoms with Crippen LogP contribution in [0.15, 0.2) is 18.2 Å². The standard InChI is InChI=1S/C14H21F3N2O/c1-3-8-19(10-14(15,16)17)11-6-5-7-12(13(11)18)20-9-4-2/h5-7H,3-4,8-10,18H2,1-2H3. The van der Waals surface area contributed by atoms with Crippen LogP contribution in [0.3, 0.4) is 0 Å². The molecule has 0 atom stereocenters. The fourth-order valence-electron chi connectivity index (χ4n) is 1.92. The lowest BCUT2D eigenvalue weighted by Crippen LogP contribution is -2.35. The van der Waals surface area contributed by atoms with Crippen molar-refractivity contribution < 1.29 is 17.9 Å². The number of anilines is 2. The molecule has 0 fully saturated rings. The summed E-state index contributed by atoms with van der Waals surface area (Å²) in [5, 5.41) is 0. The van der Waals surface area contributed by atoms with Gasteiger partial charge in [0.05, 0.1) is 18.0 Å². The third-order valence-electron chi connectivity index (χ3n) is 2.71. The van der Waals surface area contributed by atoms with Crippen LogP contribution in [-0.4, -0.2) is 25.9 Å². The van der Waals surface area contributed by atoms with E-state index in [-0.39, 0.29) is 5.69 Å². The van der Waals surface area contributed by atoms with Crippen molar-refractivity contribution in [3.63, 3.8) is 0 Å². The van der Waals surface area contributed by atoms with E-state index in [0.717, 1.165) is 6.42 Å². The average molecular weight is 290 g/mol. The fourth-order valence-corrected chi connectivity index (χ4v) is 1.92. The minimum atomic E-state index is -4.26. The number of nitrogens with two attached hydrogens (primary N) is 1. The van der Waals surface area contributed by atoms with Gasteiger partial charge in [-0.25, -0.2) is 0 Å². The molecule has 20 heavy (non-hydrogen) atoms. The third-order valence-corrected chi connectivity index (χ3v) is 2.71. The highest BCUT2D eigenvalue weighted by atomic mass is 19.4.